The van der Waals surface area contributed by atoms with E-state index < -0.39 is 23.9 Å². The van der Waals surface area contributed by atoms with E-state index in [2.05, 4.69) is 0 Å². The quantitative estimate of drug-likeness (QED) is 0.664. The Morgan fingerprint density at radius 2 is 1.82 bits per heavy atom. The zero-order chi connectivity index (χ0) is 24.2. The lowest BCUT2D eigenvalue weighted by Crippen LogP contribution is -2.41. The second-order valence-corrected chi connectivity index (χ2v) is 11.3. The number of nitrogens with zero attached hydrogens (tertiary/aromatic N) is 2. The Morgan fingerprint density at radius 1 is 1.15 bits per heavy atom. The first-order chi connectivity index (χ1) is 15.3. The molecule has 3 heterocycles. The van der Waals surface area contributed by atoms with E-state index >= 15 is 0 Å². The van der Waals surface area contributed by atoms with Gasteiger partial charge in [0.25, 0.3) is 5.56 Å². The first-order valence-corrected chi connectivity index (χ1v) is 11.7. The number of carbonyl (C=O) groups is 1. The number of rotatable bonds is 3. The van der Waals surface area contributed by atoms with E-state index in [0.29, 0.717) is 25.0 Å². The standard InChI is InChI=1S/C25H35BN2O5/c1-23(2,3)31-22(30)28-13-11-17(16-28)15-27-14-12-18-9-8-10-19(20(18)21(27)29)26-32-24(4,5)25(6,7)33-26/h8-10,12,14,17H,11,13,15-16H2,1-7H3. The molecule has 0 aliphatic carbocycles. The van der Waals surface area contributed by atoms with Crippen LogP contribution in [0.4, 0.5) is 4.79 Å². The lowest BCUT2D eigenvalue weighted by molar-refractivity contribution is 0.00578. The molecule has 7 nitrogen and oxygen atoms in total. The lowest BCUT2D eigenvalue weighted by Gasteiger charge is -2.32. The fraction of sp³-hybridized carbons (Fsp3) is 0.600. The fourth-order valence-electron chi connectivity index (χ4n) is 4.42. The number of hydrogen-bond acceptors (Lipinski definition) is 5. The van der Waals surface area contributed by atoms with Crippen LogP contribution in [0, 0.1) is 5.92 Å². The predicted molar refractivity (Wildman–Crippen MR) is 130 cm³/mol. The van der Waals surface area contributed by atoms with Gasteiger partial charge in [0.15, 0.2) is 0 Å². The molecular weight excluding hydrogens is 419 g/mol. The molecule has 0 saturated carbocycles. The number of hydrogen-bond donors (Lipinski definition) is 0. The first kappa shape index (κ1) is 23.8. The Kier molecular flexibility index (Phi) is 5.90. The molecule has 178 valence electrons. The van der Waals surface area contributed by atoms with E-state index in [9.17, 15) is 9.59 Å². The molecule has 2 saturated heterocycles. The van der Waals surface area contributed by atoms with Crippen molar-refractivity contribution in [1.29, 1.82) is 0 Å². The summed E-state index contributed by atoms with van der Waals surface area (Å²) in [6.45, 7) is 15.4. The van der Waals surface area contributed by atoms with Gasteiger partial charge >= 0.3 is 13.2 Å². The van der Waals surface area contributed by atoms with Gasteiger partial charge < -0.3 is 23.5 Å². The molecule has 2 aliphatic heterocycles. The van der Waals surface area contributed by atoms with Gasteiger partial charge in [0.2, 0.25) is 0 Å². The summed E-state index contributed by atoms with van der Waals surface area (Å²) in [7, 11) is -0.601. The van der Waals surface area contributed by atoms with Crippen molar-refractivity contribution in [3.05, 3.63) is 40.8 Å². The molecule has 8 heteroatoms. The molecule has 1 amide bonds. The van der Waals surface area contributed by atoms with Gasteiger partial charge in [-0.2, -0.15) is 0 Å². The summed E-state index contributed by atoms with van der Waals surface area (Å²) in [6.07, 6.45) is 2.39. The number of carbonyl (C=O) groups excluding carboxylic acids is 1. The molecule has 2 fully saturated rings. The smallest absolute Gasteiger partial charge is 0.444 e. The average molecular weight is 454 g/mol. The van der Waals surface area contributed by atoms with Crippen molar-refractivity contribution in [2.24, 2.45) is 5.92 Å². The molecule has 1 aromatic carbocycles. The number of fused-ring (bicyclic) bond motifs is 1. The zero-order valence-electron chi connectivity index (χ0n) is 20.8. The topological polar surface area (TPSA) is 70.0 Å². The van der Waals surface area contributed by atoms with E-state index in [0.717, 1.165) is 17.3 Å². The van der Waals surface area contributed by atoms with E-state index in [1.807, 2.05) is 78.9 Å². The highest BCUT2D eigenvalue weighted by Crippen LogP contribution is 2.36. The molecule has 2 aromatic rings. The average Bonchev–Trinajstić information content (AvgIpc) is 3.24. The number of likely N-dealkylation sites (tertiary alicyclic amines) is 1. The van der Waals surface area contributed by atoms with Crippen molar-refractivity contribution in [1.82, 2.24) is 9.47 Å². The van der Waals surface area contributed by atoms with Gasteiger partial charge in [0, 0.05) is 31.2 Å². The number of aromatic nitrogens is 1. The molecule has 1 aromatic heterocycles. The molecule has 1 atom stereocenters. The third-order valence-corrected chi connectivity index (χ3v) is 6.94. The van der Waals surface area contributed by atoms with Crippen molar-refractivity contribution >= 4 is 29.4 Å². The van der Waals surface area contributed by atoms with Gasteiger partial charge in [0.05, 0.1) is 11.2 Å². The van der Waals surface area contributed by atoms with E-state index in [1.165, 1.54) is 0 Å². The third-order valence-electron chi connectivity index (χ3n) is 6.94. The number of benzene rings is 1. The first-order valence-electron chi connectivity index (χ1n) is 11.7. The maximum absolute atomic E-state index is 13.6. The minimum absolute atomic E-state index is 0.0615. The van der Waals surface area contributed by atoms with Crippen LogP contribution in [0.1, 0.15) is 54.9 Å². The Balaban J connectivity index is 1.58. The summed E-state index contributed by atoms with van der Waals surface area (Å²) in [4.78, 5) is 27.7. The van der Waals surface area contributed by atoms with Crippen LogP contribution in [-0.2, 0) is 20.6 Å². The molecule has 1 unspecified atom stereocenters. The van der Waals surface area contributed by atoms with Gasteiger partial charge in [-0.3, -0.25) is 4.79 Å². The highest BCUT2D eigenvalue weighted by molar-refractivity contribution is 6.65. The minimum atomic E-state index is -0.601. The third kappa shape index (κ3) is 4.69. The van der Waals surface area contributed by atoms with Crippen molar-refractivity contribution in [3.63, 3.8) is 0 Å². The van der Waals surface area contributed by atoms with Crippen LogP contribution >= 0.6 is 0 Å². The van der Waals surface area contributed by atoms with Gasteiger partial charge in [0.1, 0.15) is 5.60 Å². The lowest BCUT2D eigenvalue weighted by atomic mass is 9.76. The van der Waals surface area contributed by atoms with Gasteiger partial charge in [-0.05, 0) is 77.7 Å². The molecule has 33 heavy (non-hydrogen) atoms. The van der Waals surface area contributed by atoms with Crippen molar-refractivity contribution in [3.8, 4) is 0 Å². The Morgan fingerprint density at radius 3 is 2.45 bits per heavy atom. The van der Waals surface area contributed by atoms with Gasteiger partial charge in [-0.1, -0.05) is 18.2 Å². The maximum Gasteiger partial charge on any atom is 0.495 e. The number of pyridine rings is 1. The highest BCUT2D eigenvalue weighted by atomic mass is 16.7. The van der Waals surface area contributed by atoms with Crippen LogP contribution in [-0.4, -0.2) is 52.6 Å². The molecule has 2 aliphatic rings. The Hall–Kier alpha value is -2.32. The molecule has 0 bridgehead atoms. The van der Waals surface area contributed by atoms with Crippen LogP contribution < -0.4 is 11.0 Å². The summed E-state index contributed by atoms with van der Waals surface area (Å²) in [5, 5.41) is 1.49. The fourth-order valence-corrected chi connectivity index (χ4v) is 4.42. The summed E-state index contributed by atoms with van der Waals surface area (Å²) >= 11 is 0. The van der Waals surface area contributed by atoms with Crippen LogP contribution in [0.25, 0.3) is 10.8 Å². The van der Waals surface area contributed by atoms with Crippen LogP contribution in [0.3, 0.4) is 0 Å². The van der Waals surface area contributed by atoms with Crippen LogP contribution in [0.15, 0.2) is 35.3 Å². The van der Waals surface area contributed by atoms with Crippen molar-refractivity contribution in [2.75, 3.05) is 13.1 Å². The second kappa shape index (κ2) is 8.17. The second-order valence-electron chi connectivity index (χ2n) is 11.3. The monoisotopic (exact) mass is 454 g/mol. The largest absolute Gasteiger partial charge is 0.495 e. The minimum Gasteiger partial charge on any atom is -0.444 e. The predicted octanol–water partition coefficient (Wildman–Crippen LogP) is 3.56. The Bertz CT molecular complexity index is 1100. The van der Waals surface area contributed by atoms with Crippen LogP contribution in [0.2, 0.25) is 0 Å². The summed E-state index contributed by atoms with van der Waals surface area (Å²) in [6, 6.07) is 7.75. The summed E-state index contributed by atoms with van der Waals surface area (Å²) < 4.78 is 19.7. The summed E-state index contributed by atoms with van der Waals surface area (Å²) in [5.74, 6) is 0.191. The van der Waals surface area contributed by atoms with Crippen molar-refractivity contribution in [2.45, 2.75) is 78.2 Å². The van der Waals surface area contributed by atoms with E-state index in [-0.39, 0.29) is 17.6 Å². The molecule has 0 spiro atoms. The molecule has 4 rings (SSSR count). The Labute approximate surface area is 196 Å². The highest BCUT2D eigenvalue weighted by Gasteiger charge is 2.52. The molecule has 0 radical (unpaired) electrons. The normalized spacial score (nSPS) is 22.2. The van der Waals surface area contributed by atoms with Crippen LogP contribution in [0.5, 0.6) is 0 Å². The zero-order valence-corrected chi connectivity index (χ0v) is 20.8. The maximum atomic E-state index is 13.6. The summed E-state index contributed by atoms with van der Waals surface area (Å²) in [5.41, 5.74) is -0.791. The molecular formula is C25H35BN2O5. The van der Waals surface area contributed by atoms with E-state index in [4.69, 9.17) is 14.0 Å². The number of ether oxygens (including phenoxy) is 1. The van der Waals surface area contributed by atoms with Gasteiger partial charge in [-0.15, -0.1) is 0 Å². The number of amides is 1. The van der Waals surface area contributed by atoms with Crippen molar-refractivity contribution < 1.29 is 18.8 Å². The molecule has 0 N–H and O–H groups in total. The SMILES string of the molecule is CC(C)(C)OC(=O)N1CCC(Cn2ccc3cccc(B4OC(C)(C)C(C)(C)O4)c3c2=O)C1. The van der Waals surface area contributed by atoms with E-state index in [1.54, 1.807) is 9.47 Å². The van der Waals surface area contributed by atoms with Gasteiger partial charge in [-0.25, -0.2) is 4.79 Å².